The van der Waals surface area contributed by atoms with Gasteiger partial charge in [0, 0.05) is 30.7 Å². The molecule has 1 aliphatic heterocycles. The largest absolute Gasteiger partial charge is 0.486 e. The first-order valence-electron chi connectivity index (χ1n) is 10.00. The van der Waals surface area contributed by atoms with Crippen LogP contribution in [0.4, 0.5) is 5.69 Å². The molecular formula is C23H21N5O3. The molecule has 0 aliphatic carbocycles. The van der Waals surface area contributed by atoms with E-state index < -0.39 is 0 Å². The topological polar surface area (TPSA) is 83.2 Å². The highest BCUT2D eigenvalue weighted by Gasteiger charge is 2.21. The summed E-state index contributed by atoms with van der Waals surface area (Å²) in [5, 5.41) is 7.21. The predicted molar refractivity (Wildman–Crippen MR) is 114 cm³/mol. The lowest BCUT2D eigenvalue weighted by Gasteiger charge is -2.26. The molecule has 0 radical (unpaired) electrons. The summed E-state index contributed by atoms with van der Waals surface area (Å²) >= 11 is 0. The second-order valence-corrected chi connectivity index (χ2v) is 7.33. The highest BCUT2D eigenvalue weighted by atomic mass is 16.6. The summed E-state index contributed by atoms with van der Waals surface area (Å²) in [6.45, 7) is 1.68. The van der Waals surface area contributed by atoms with Gasteiger partial charge in [-0.3, -0.25) is 9.48 Å². The van der Waals surface area contributed by atoms with Crippen molar-refractivity contribution in [3.8, 4) is 11.5 Å². The van der Waals surface area contributed by atoms with Crippen LogP contribution in [-0.2, 0) is 13.1 Å². The standard InChI is InChI=1S/C23H21N5O3/c29-23(18-7-5-17(6-8-18)12-27-10-9-24-16-27)26-19-11-25-28(13-19)14-20-15-30-21-3-1-2-4-22(21)31-20/h1-11,13,16,20H,12,14-15H2,(H,26,29)/t20-/m1/s1. The maximum Gasteiger partial charge on any atom is 0.255 e. The van der Waals surface area contributed by atoms with E-state index in [9.17, 15) is 4.79 Å². The molecule has 5 rings (SSSR count). The lowest BCUT2D eigenvalue weighted by molar-refractivity contribution is 0.0759. The van der Waals surface area contributed by atoms with E-state index in [0.29, 0.717) is 30.9 Å². The number of aromatic nitrogens is 4. The number of carbonyl (C=O) groups excluding carboxylic acids is 1. The second kappa shape index (κ2) is 8.35. The maximum absolute atomic E-state index is 12.6. The number of rotatable bonds is 6. The number of para-hydroxylation sites is 2. The lowest BCUT2D eigenvalue weighted by atomic mass is 10.1. The molecule has 8 nitrogen and oxygen atoms in total. The minimum atomic E-state index is -0.181. The van der Waals surface area contributed by atoms with E-state index >= 15 is 0 Å². The van der Waals surface area contributed by atoms with Gasteiger partial charge in [-0.05, 0) is 29.8 Å². The molecule has 2 aromatic carbocycles. The van der Waals surface area contributed by atoms with Crippen molar-refractivity contribution < 1.29 is 14.3 Å². The third kappa shape index (κ3) is 4.42. The van der Waals surface area contributed by atoms with Gasteiger partial charge >= 0.3 is 0 Å². The summed E-state index contributed by atoms with van der Waals surface area (Å²) in [7, 11) is 0. The van der Waals surface area contributed by atoms with Gasteiger partial charge in [-0.1, -0.05) is 24.3 Å². The molecule has 0 saturated heterocycles. The summed E-state index contributed by atoms with van der Waals surface area (Å²) in [5.41, 5.74) is 2.31. The fourth-order valence-electron chi connectivity index (χ4n) is 3.45. The molecule has 1 amide bonds. The van der Waals surface area contributed by atoms with Gasteiger partial charge in [0.1, 0.15) is 6.61 Å². The average molecular weight is 415 g/mol. The van der Waals surface area contributed by atoms with Crippen molar-refractivity contribution in [1.82, 2.24) is 19.3 Å². The Morgan fingerprint density at radius 2 is 1.97 bits per heavy atom. The first-order valence-corrected chi connectivity index (χ1v) is 10.00. The molecular weight excluding hydrogens is 394 g/mol. The van der Waals surface area contributed by atoms with Gasteiger partial charge in [0.05, 0.1) is 24.8 Å². The summed E-state index contributed by atoms with van der Waals surface area (Å²) in [6.07, 6.45) is 8.68. The maximum atomic E-state index is 12.6. The van der Waals surface area contributed by atoms with Crippen LogP contribution in [0.15, 0.2) is 79.6 Å². The van der Waals surface area contributed by atoms with E-state index in [1.165, 1.54) is 0 Å². The zero-order valence-electron chi connectivity index (χ0n) is 16.7. The number of nitrogens with one attached hydrogen (secondary N) is 1. The van der Waals surface area contributed by atoms with Crippen LogP contribution in [0.5, 0.6) is 11.5 Å². The first kappa shape index (κ1) is 18.9. The van der Waals surface area contributed by atoms with Gasteiger partial charge < -0.3 is 19.4 Å². The summed E-state index contributed by atoms with van der Waals surface area (Å²) < 4.78 is 15.4. The van der Waals surface area contributed by atoms with E-state index in [1.807, 2.05) is 59.3 Å². The van der Waals surface area contributed by atoms with Crippen molar-refractivity contribution >= 4 is 11.6 Å². The Hall–Kier alpha value is -4.07. The minimum Gasteiger partial charge on any atom is -0.486 e. The Labute approximate surface area is 179 Å². The minimum absolute atomic E-state index is 0.151. The quantitative estimate of drug-likeness (QED) is 0.523. The van der Waals surface area contributed by atoms with Crippen LogP contribution in [0, 0.1) is 0 Å². The Morgan fingerprint density at radius 3 is 2.77 bits per heavy atom. The molecule has 1 N–H and O–H groups in total. The lowest BCUT2D eigenvalue weighted by Crippen LogP contribution is -2.33. The Kier molecular flexibility index (Phi) is 5.10. The Morgan fingerprint density at radius 1 is 1.13 bits per heavy atom. The van der Waals surface area contributed by atoms with E-state index in [4.69, 9.17) is 9.47 Å². The normalized spacial score (nSPS) is 14.9. The van der Waals surface area contributed by atoms with Crippen LogP contribution in [-0.4, -0.2) is 37.9 Å². The number of hydrogen-bond acceptors (Lipinski definition) is 5. The molecule has 156 valence electrons. The smallest absolute Gasteiger partial charge is 0.255 e. The van der Waals surface area contributed by atoms with Gasteiger partial charge in [-0.15, -0.1) is 0 Å². The number of ether oxygens (including phenoxy) is 2. The SMILES string of the molecule is O=C(Nc1cnn(C[C@@H]2COc3ccccc3O2)c1)c1ccc(Cn2ccnc2)cc1. The molecule has 3 heterocycles. The van der Waals surface area contributed by atoms with Crippen LogP contribution in [0.3, 0.4) is 0 Å². The Bertz CT molecular complexity index is 1170. The van der Waals surface area contributed by atoms with Gasteiger partial charge in [0.25, 0.3) is 5.91 Å². The van der Waals surface area contributed by atoms with Crippen LogP contribution >= 0.6 is 0 Å². The van der Waals surface area contributed by atoms with Crippen LogP contribution in [0.1, 0.15) is 15.9 Å². The average Bonchev–Trinajstić information content (AvgIpc) is 3.46. The van der Waals surface area contributed by atoms with Crippen LogP contribution in [0.2, 0.25) is 0 Å². The second-order valence-electron chi connectivity index (χ2n) is 7.33. The molecule has 0 bridgehead atoms. The zero-order chi connectivity index (χ0) is 21.0. The molecule has 4 aromatic rings. The first-order chi connectivity index (χ1) is 15.2. The molecule has 0 unspecified atom stereocenters. The third-order valence-electron chi connectivity index (χ3n) is 4.99. The van der Waals surface area contributed by atoms with Crippen molar-refractivity contribution in [3.63, 3.8) is 0 Å². The summed E-state index contributed by atoms with van der Waals surface area (Å²) in [6, 6.07) is 15.1. The van der Waals surface area contributed by atoms with Crippen molar-refractivity contribution in [2.24, 2.45) is 0 Å². The summed E-state index contributed by atoms with van der Waals surface area (Å²) in [4.78, 5) is 16.6. The molecule has 1 atom stereocenters. The number of amides is 1. The van der Waals surface area contributed by atoms with Gasteiger partial charge in [0.2, 0.25) is 0 Å². The van der Waals surface area contributed by atoms with E-state index in [-0.39, 0.29) is 12.0 Å². The number of fused-ring (bicyclic) bond motifs is 1. The van der Waals surface area contributed by atoms with E-state index in [0.717, 1.165) is 17.1 Å². The molecule has 0 spiro atoms. The number of imidazole rings is 1. The number of carbonyl (C=O) groups is 1. The van der Waals surface area contributed by atoms with E-state index in [2.05, 4.69) is 15.4 Å². The monoisotopic (exact) mass is 415 g/mol. The van der Waals surface area contributed by atoms with Crippen molar-refractivity contribution in [1.29, 1.82) is 0 Å². The fourth-order valence-corrected chi connectivity index (χ4v) is 3.45. The van der Waals surface area contributed by atoms with Gasteiger partial charge in [0.15, 0.2) is 17.6 Å². The third-order valence-corrected chi connectivity index (χ3v) is 4.99. The number of benzene rings is 2. The molecule has 8 heteroatoms. The van der Waals surface area contributed by atoms with Crippen LogP contribution < -0.4 is 14.8 Å². The van der Waals surface area contributed by atoms with Gasteiger partial charge in [-0.25, -0.2) is 4.98 Å². The molecule has 1 aliphatic rings. The number of hydrogen-bond donors (Lipinski definition) is 1. The van der Waals surface area contributed by atoms with Crippen molar-refractivity contribution in [2.45, 2.75) is 19.2 Å². The summed E-state index contributed by atoms with van der Waals surface area (Å²) in [5.74, 6) is 1.30. The zero-order valence-corrected chi connectivity index (χ0v) is 16.7. The fraction of sp³-hybridized carbons (Fsp3) is 0.174. The van der Waals surface area contributed by atoms with Crippen molar-refractivity contribution in [3.05, 3.63) is 90.8 Å². The highest BCUT2D eigenvalue weighted by molar-refractivity contribution is 6.04. The van der Waals surface area contributed by atoms with Crippen molar-refractivity contribution in [2.75, 3.05) is 11.9 Å². The highest BCUT2D eigenvalue weighted by Crippen LogP contribution is 2.31. The molecule has 0 saturated carbocycles. The Balaban J connectivity index is 1.17. The number of anilines is 1. The molecule has 31 heavy (non-hydrogen) atoms. The van der Waals surface area contributed by atoms with Gasteiger partial charge in [-0.2, -0.15) is 5.10 Å². The predicted octanol–water partition coefficient (Wildman–Crippen LogP) is 3.22. The van der Waals surface area contributed by atoms with Crippen LogP contribution in [0.25, 0.3) is 0 Å². The molecule has 2 aromatic heterocycles. The number of nitrogens with zero attached hydrogens (tertiary/aromatic N) is 4. The molecule has 0 fully saturated rings. The van der Waals surface area contributed by atoms with E-state index in [1.54, 1.807) is 29.6 Å².